The van der Waals surface area contributed by atoms with E-state index in [1.54, 1.807) is 0 Å². The smallest absolute Gasteiger partial charge is 0.0623 e. The van der Waals surface area contributed by atoms with Crippen molar-refractivity contribution >= 4 is 93.5 Å². The summed E-state index contributed by atoms with van der Waals surface area (Å²) in [5.74, 6) is 0. The molecule has 0 aliphatic carbocycles. The van der Waals surface area contributed by atoms with Gasteiger partial charge < -0.3 is 0 Å². The van der Waals surface area contributed by atoms with Crippen LogP contribution in [0.2, 0.25) is 0 Å². The summed E-state index contributed by atoms with van der Waals surface area (Å²) in [5, 5.41) is 21.1. The molecule has 69 heavy (non-hydrogen) atoms. The molecule has 0 N–H and O–H groups in total. The monoisotopic (exact) mass is 888 g/mol. The molecule has 0 spiro atoms. The highest BCUT2D eigenvalue weighted by Crippen LogP contribution is 2.42. The second-order valence-electron chi connectivity index (χ2n) is 18.7. The fraction of sp³-hybridized carbons (Fsp3) is 0. The van der Waals surface area contributed by atoms with Crippen LogP contribution in [0.25, 0.3) is 109 Å². The SMILES string of the molecule is c1ccc([Si](c2ccccc2)(c2ccccc2)c2cc(-c3ccc(-c4ccc5ccc6cccc7ccc4c5c67)cc3)cc(-c3ccc(-c4ccc5ccc6cccc7ccc4c5c67)cc3)c2)cc1. The molecule has 0 fully saturated rings. The molecule has 0 saturated carbocycles. The van der Waals surface area contributed by atoms with Crippen molar-refractivity contribution in [2.45, 2.75) is 0 Å². The predicted molar refractivity (Wildman–Crippen MR) is 299 cm³/mol. The summed E-state index contributed by atoms with van der Waals surface area (Å²) in [6.45, 7) is 0. The van der Waals surface area contributed by atoms with E-state index in [1.165, 1.54) is 130 Å². The van der Waals surface area contributed by atoms with Crippen LogP contribution in [0.3, 0.4) is 0 Å². The summed E-state index contributed by atoms with van der Waals surface area (Å²) in [7, 11) is -2.88. The van der Waals surface area contributed by atoms with Crippen LogP contribution >= 0.6 is 0 Å². The molecule has 0 aliphatic rings. The molecule has 0 radical (unpaired) electrons. The number of hydrogen-bond acceptors (Lipinski definition) is 0. The molecule has 0 amide bonds. The second kappa shape index (κ2) is 15.7. The first kappa shape index (κ1) is 39.5. The molecule has 0 aliphatic heterocycles. The van der Waals surface area contributed by atoms with Crippen molar-refractivity contribution in [1.82, 2.24) is 0 Å². The normalized spacial score (nSPS) is 12.1. The minimum atomic E-state index is -2.88. The van der Waals surface area contributed by atoms with Crippen molar-refractivity contribution in [2.75, 3.05) is 0 Å². The zero-order valence-electron chi connectivity index (χ0n) is 37.9. The minimum Gasteiger partial charge on any atom is -0.0623 e. The topological polar surface area (TPSA) is 0 Å². The first-order valence-electron chi connectivity index (χ1n) is 24.1. The quantitative estimate of drug-likeness (QED) is 0.0810. The van der Waals surface area contributed by atoms with Crippen molar-refractivity contribution in [3.63, 3.8) is 0 Å². The van der Waals surface area contributed by atoms with Gasteiger partial charge in [0.2, 0.25) is 0 Å². The fourth-order valence-corrected chi connectivity index (χ4v) is 16.7. The molecule has 14 aromatic rings. The van der Waals surface area contributed by atoms with Crippen LogP contribution in [-0.2, 0) is 0 Å². The van der Waals surface area contributed by atoms with Crippen molar-refractivity contribution < 1.29 is 0 Å². The van der Waals surface area contributed by atoms with Crippen LogP contribution in [0.1, 0.15) is 0 Å². The number of hydrogen-bond donors (Lipinski definition) is 0. The largest absolute Gasteiger partial charge is 0.179 e. The summed E-state index contributed by atoms with van der Waals surface area (Å²) in [5.41, 5.74) is 9.77. The molecule has 0 heterocycles. The van der Waals surface area contributed by atoms with Crippen LogP contribution in [0.4, 0.5) is 0 Å². The Bertz CT molecular complexity index is 3860. The van der Waals surface area contributed by atoms with E-state index >= 15 is 0 Å². The van der Waals surface area contributed by atoms with Gasteiger partial charge >= 0.3 is 0 Å². The van der Waals surface area contributed by atoms with Gasteiger partial charge in [-0.3, -0.25) is 0 Å². The number of rotatable bonds is 8. The Balaban J connectivity index is 0.952. The van der Waals surface area contributed by atoms with E-state index < -0.39 is 8.07 Å². The van der Waals surface area contributed by atoms with Gasteiger partial charge in [0.05, 0.1) is 0 Å². The van der Waals surface area contributed by atoms with Gasteiger partial charge in [-0.2, -0.15) is 0 Å². The molecular formula is C68H44Si. The average molecular weight is 889 g/mol. The highest BCUT2D eigenvalue weighted by Gasteiger charge is 2.41. The molecule has 0 nitrogen and oxygen atoms in total. The Morgan fingerprint density at radius 1 is 0.188 bits per heavy atom. The fourth-order valence-electron chi connectivity index (χ4n) is 11.9. The molecule has 320 valence electrons. The lowest BCUT2D eigenvalue weighted by Crippen LogP contribution is -2.74. The standard InChI is InChI=1S/C68H44Si/c1-4-16-57(17-5-1)69(58-18-6-2-7-19-58,59-20-8-3-9-21-59)60-43-55(45-22-26-47(27-23-45)61-38-34-53-32-30-49-12-10-14-51-36-40-63(61)67(53)65(49)51)42-56(44-60)46-24-28-48(29-25-46)62-39-35-54-33-31-50-13-11-15-52-37-41-64(62)68(54)66(50)52/h1-44H. The maximum absolute atomic E-state index is 2.88. The summed E-state index contributed by atoms with van der Waals surface area (Å²) in [4.78, 5) is 0. The molecule has 0 aromatic heterocycles. The summed E-state index contributed by atoms with van der Waals surface area (Å²) in [6, 6.07) is 101. The first-order chi connectivity index (χ1) is 34.2. The van der Waals surface area contributed by atoms with E-state index in [4.69, 9.17) is 0 Å². The Hall–Kier alpha value is -8.62. The van der Waals surface area contributed by atoms with Gasteiger partial charge in [-0.15, -0.1) is 0 Å². The Kier molecular flexibility index (Phi) is 9.02. The summed E-state index contributed by atoms with van der Waals surface area (Å²) in [6.07, 6.45) is 0. The van der Waals surface area contributed by atoms with Gasteiger partial charge in [0.1, 0.15) is 0 Å². The number of benzene rings is 14. The molecule has 14 aromatic carbocycles. The van der Waals surface area contributed by atoms with Gasteiger partial charge in [0, 0.05) is 0 Å². The van der Waals surface area contributed by atoms with Gasteiger partial charge in [-0.05, 0) is 136 Å². The lowest BCUT2D eigenvalue weighted by atomic mass is 9.89. The van der Waals surface area contributed by atoms with Crippen LogP contribution in [0.15, 0.2) is 267 Å². The zero-order valence-corrected chi connectivity index (χ0v) is 38.9. The van der Waals surface area contributed by atoms with E-state index in [9.17, 15) is 0 Å². The van der Waals surface area contributed by atoms with E-state index in [1.807, 2.05) is 0 Å². The Labute approximate surface area is 402 Å². The third-order valence-corrected chi connectivity index (χ3v) is 19.9. The highest BCUT2D eigenvalue weighted by molar-refractivity contribution is 7.20. The average Bonchev–Trinajstić information content (AvgIpc) is 3.43. The van der Waals surface area contributed by atoms with E-state index in [2.05, 4.69) is 267 Å². The maximum atomic E-state index is 2.51. The summed E-state index contributed by atoms with van der Waals surface area (Å²) < 4.78 is 0. The molecule has 14 rings (SSSR count). The van der Waals surface area contributed by atoms with Gasteiger partial charge in [-0.25, -0.2) is 0 Å². The second-order valence-corrected chi connectivity index (χ2v) is 22.5. The Morgan fingerprint density at radius 2 is 0.507 bits per heavy atom. The van der Waals surface area contributed by atoms with Crippen LogP contribution in [0, 0.1) is 0 Å². The molecule has 0 bridgehead atoms. The highest BCUT2D eigenvalue weighted by atomic mass is 28.3. The molecule has 0 saturated heterocycles. The lowest BCUT2D eigenvalue weighted by molar-refractivity contribution is 1.58. The maximum Gasteiger partial charge on any atom is 0.179 e. The van der Waals surface area contributed by atoms with Crippen molar-refractivity contribution in [2.24, 2.45) is 0 Å². The van der Waals surface area contributed by atoms with Crippen molar-refractivity contribution in [3.05, 3.63) is 267 Å². The molecular weight excluding hydrogens is 845 g/mol. The van der Waals surface area contributed by atoms with Crippen molar-refractivity contribution in [1.29, 1.82) is 0 Å². The van der Waals surface area contributed by atoms with Crippen LogP contribution < -0.4 is 20.7 Å². The third kappa shape index (κ3) is 6.21. The van der Waals surface area contributed by atoms with Crippen LogP contribution in [-0.4, -0.2) is 8.07 Å². The molecule has 0 unspecified atom stereocenters. The van der Waals surface area contributed by atoms with E-state index in [0.717, 1.165) is 0 Å². The Morgan fingerprint density at radius 3 is 0.884 bits per heavy atom. The molecule has 0 atom stereocenters. The first-order valence-corrected chi connectivity index (χ1v) is 26.1. The minimum absolute atomic E-state index is 1.20. The zero-order chi connectivity index (χ0) is 45.5. The van der Waals surface area contributed by atoms with Crippen LogP contribution in [0.5, 0.6) is 0 Å². The van der Waals surface area contributed by atoms with Gasteiger partial charge in [-0.1, -0.05) is 261 Å². The van der Waals surface area contributed by atoms with E-state index in [0.29, 0.717) is 0 Å². The summed E-state index contributed by atoms with van der Waals surface area (Å²) >= 11 is 0. The predicted octanol–water partition coefficient (Wildman–Crippen LogP) is 15.5. The van der Waals surface area contributed by atoms with Crippen molar-refractivity contribution in [3.8, 4) is 44.5 Å². The van der Waals surface area contributed by atoms with Gasteiger partial charge in [0.25, 0.3) is 0 Å². The van der Waals surface area contributed by atoms with E-state index in [-0.39, 0.29) is 0 Å². The third-order valence-electron chi connectivity index (χ3n) is 15.1. The lowest BCUT2D eigenvalue weighted by Gasteiger charge is -2.35. The molecule has 1 heteroatoms. The van der Waals surface area contributed by atoms with Gasteiger partial charge in [0.15, 0.2) is 8.07 Å².